The number of ketones is 1. The summed E-state index contributed by atoms with van der Waals surface area (Å²) in [5.41, 5.74) is 1.35. The molecule has 1 heterocycles. The molecule has 0 amide bonds. The molecule has 2 N–H and O–H groups in total. The van der Waals surface area contributed by atoms with Crippen LogP contribution in [0.25, 0.3) is 11.0 Å². The summed E-state index contributed by atoms with van der Waals surface area (Å²) in [6.45, 7) is 10.4. The largest absolute Gasteiger partial charge is 0.494 e. The van der Waals surface area contributed by atoms with Gasteiger partial charge in [-0.25, -0.2) is 9.59 Å². The average molecular weight is 599 g/mol. The smallest absolute Gasteiger partial charge is 0.414 e. The first kappa shape index (κ1) is 34.9. The van der Waals surface area contributed by atoms with Gasteiger partial charge in [0.15, 0.2) is 5.78 Å². The van der Waals surface area contributed by atoms with Crippen molar-refractivity contribution in [1.82, 2.24) is 4.90 Å². The number of unbranched alkanes of at least 4 members (excludes halogenated alkanes) is 3. The van der Waals surface area contributed by atoms with E-state index in [1.807, 2.05) is 12.1 Å². The standard InChI is InChI=1S/C30H40N2O5.C2H2O4/c1-4-7-11-28-29(26-22-24(32(34)35)14-17-27(26)37-28)30(33)23-12-15-25(16-13-23)36-21-10-20-31(18-8-5-2)19-9-6-3;3-1(4)2(5)6/h12-17,22H,4-11,18-21H2,1-3H3;(H,3,4)(H,5,6). The van der Waals surface area contributed by atoms with E-state index in [0.717, 1.165) is 44.6 Å². The maximum absolute atomic E-state index is 13.5. The van der Waals surface area contributed by atoms with Crippen LogP contribution < -0.4 is 4.74 Å². The highest BCUT2D eigenvalue weighted by atomic mass is 16.6. The van der Waals surface area contributed by atoms with Crippen LogP contribution in [0.3, 0.4) is 0 Å². The number of aryl methyl sites for hydroxylation is 1. The van der Waals surface area contributed by atoms with Gasteiger partial charge in [-0.3, -0.25) is 14.9 Å². The van der Waals surface area contributed by atoms with Gasteiger partial charge in [-0.15, -0.1) is 0 Å². The molecule has 11 heteroatoms. The predicted octanol–water partition coefficient (Wildman–Crippen LogP) is 6.74. The lowest BCUT2D eigenvalue weighted by molar-refractivity contribution is -0.384. The lowest BCUT2D eigenvalue weighted by Crippen LogP contribution is -2.28. The molecule has 0 bridgehead atoms. The van der Waals surface area contributed by atoms with Crippen molar-refractivity contribution in [2.45, 2.75) is 72.1 Å². The van der Waals surface area contributed by atoms with E-state index in [1.165, 1.54) is 37.8 Å². The number of hydrogen-bond acceptors (Lipinski definition) is 8. The quantitative estimate of drug-likeness (QED) is 0.0559. The maximum atomic E-state index is 13.5. The van der Waals surface area contributed by atoms with E-state index >= 15 is 0 Å². The first-order valence-electron chi connectivity index (χ1n) is 14.8. The summed E-state index contributed by atoms with van der Waals surface area (Å²) in [6.07, 6.45) is 8.23. The number of non-ortho nitro benzene ring substituents is 1. The van der Waals surface area contributed by atoms with Crippen molar-refractivity contribution in [2.75, 3.05) is 26.2 Å². The second kappa shape index (κ2) is 18.3. The van der Waals surface area contributed by atoms with Crippen molar-refractivity contribution in [1.29, 1.82) is 0 Å². The normalized spacial score (nSPS) is 10.8. The highest BCUT2D eigenvalue weighted by Crippen LogP contribution is 2.32. The van der Waals surface area contributed by atoms with Crippen LogP contribution in [-0.4, -0.2) is 64.0 Å². The van der Waals surface area contributed by atoms with E-state index in [0.29, 0.717) is 40.9 Å². The number of ether oxygens (including phenoxy) is 1. The second-order valence-electron chi connectivity index (χ2n) is 10.2. The molecular weight excluding hydrogens is 556 g/mol. The lowest BCUT2D eigenvalue weighted by Gasteiger charge is -2.21. The molecule has 234 valence electrons. The van der Waals surface area contributed by atoms with Crippen molar-refractivity contribution in [3.8, 4) is 5.75 Å². The molecule has 0 atom stereocenters. The minimum absolute atomic E-state index is 0.0592. The Balaban J connectivity index is 0.000000973. The third-order valence-corrected chi connectivity index (χ3v) is 6.78. The Morgan fingerprint density at radius 2 is 1.44 bits per heavy atom. The van der Waals surface area contributed by atoms with Crippen molar-refractivity contribution in [3.63, 3.8) is 0 Å². The van der Waals surface area contributed by atoms with E-state index in [2.05, 4.69) is 25.7 Å². The fourth-order valence-electron chi connectivity index (χ4n) is 4.44. The number of nitrogens with zero attached hydrogens (tertiary/aromatic N) is 2. The molecule has 0 aliphatic heterocycles. The van der Waals surface area contributed by atoms with E-state index in [4.69, 9.17) is 29.0 Å². The zero-order valence-electron chi connectivity index (χ0n) is 25.2. The summed E-state index contributed by atoms with van der Waals surface area (Å²) in [4.78, 5) is 45.1. The third kappa shape index (κ3) is 11.2. The summed E-state index contributed by atoms with van der Waals surface area (Å²) in [7, 11) is 0. The molecule has 0 spiro atoms. The Kier molecular flexibility index (Phi) is 14.9. The molecular formula is C32H42N2O9. The SMILES string of the molecule is CCCCc1oc2ccc([N+](=O)[O-])cc2c1C(=O)c1ccc(OCCCN(CCCC)CCCC)cc1.O=C(O)C(=O)O. The van der Waals surface area contributed by atoms with Gasteiger partial charge in [0.05, 0.1) is 17.1 Å². The number of rotatable bonds is 17. The van der Waals surface area contributed by atoms with Crippen molar-refractivity contribution in [2.24, 2.45) is 0 Å². The predicted molar refractivity (Wildman–Crippen MR) is 163 cm³/mol. The van der Waals surface area contributed by atoms with Crippen LogP contribution in [0.5, 0.6) is 5.75 Å². The molecule has 11 nitrogen and oxygen atoms in total. The van der Waals surface area contributed by atoms with Gasteiger partial charge in [0, 0.05) is 36.0 Å². The van der Waals surface area contributed by atoms with Gasteiger partial charge in [-0.2, -0.15) is 0 Å². The molecule has 3 rings (SSSR count). The van der Waals surface area contributed by atoms with Crippen LogP contribution in [-0.2, 0) is 16.0 Å². The summed E-state index contributed by atoms with van der Waals surface area (Å²) >= 11 is 0. The number of carbonyl (C=O) groups excluding carboxylic acids is 1. The molecule has 0 unspecified atom stereocenters. The minimum Gasteiger partial charge on any atom is -0.494 e. The number of aliphatic carboxylic acids is 2. The summed E-state index contributed by atoms with van der Waals surface area (Å²) in [6, 6.07) is 11.6. The summed E-state index contributed by atoms with van der Waals surface area (Å²) in [5, 5.41) is 26.6. The van der Waals surface area contributed by atoms with E-state index in [1.54, 1.807) is 18.2 Å². The monoisotopic (exact) mass is 598 g/mol. The molecule has 3 aromatic rings. The highest BCUT2D eigenvalue weighted by molar-refractivity contribution is 6.27. The van der Waals surface area contributed by atoms with Gasteiger partial charge in [0.25, 0.3) is 5.69 Å². The Labute approximate surface area is 251 Å². The van der Waals surface area contributed by atoms with Crippen LogP contribution in [0.15, 0.2) is 46.9 Å². The molecule has 2 aromatic carbocycles. The van der Waals surface area contributed by atoms with Gasteiger partial charge in [0.1, 0.15) is 17.1 Å². The first-order chi connectivity index (χ1) is 20.6. The molecule has 0 saturated heterocycles. The number of carboxylic acid groups (broad SMARTS) is 2. The second-order valence-corrected chi connectivity index (χ2v) is 10.2. The fourth-order valence-corrected chi connectivity index (χ4v) is 4.44. The number of nitro groups is 1. The maximum Gasteiger partial charge on any atom is 0.414 e. The van der Waals surface area contributed by atoms with Gasteiger partial charge >= 0.3 is 11.9 Å². The topological polar surface area (TPSA) is 160 Å². The molecule has 0 fully saturated rings. The number of carboxylic acids is 2. The molecule has 0 aliphatic rings. The van der Waals surface area contributed by atoms with Gasteiger partial charge in [-0.05, 0) is 69.1 Å². The van der Waals surface area contributed by atoms with Crippen LogP contribution in [0.4, 0.5) is 5.69 Å². The molecule has 0 radical (unpaired) electrons. The Bertz CT molecular complexity index is 1330. The molecule has 1 aromatic heterocycles. The van der Waals surface area contributed by atoms with Crippen LogP contribution in [0, 0.1) is 10.1 Å². The number of carbonyl (C=O) groups is 3. The summed E-state index contributed by atoms with van der Waals surface area (Å²) in [5.74, 6) is -2.54. The van der Waals surface area contributed by atoms with Gasteiger partial charge in [0.2, 0.25) is 0 Å². The van der Waals surface area contributed by atoms with E-state index < -0.39 is 16.9 Å². The van der Waals surface area contributed by atoms with E-state index in [9.17, 15) is 14.9 Å². The lowest BCUT2D eigenvalue weighted by atomic mass is 9.98. The third-order valence-electron chi connectivity index (χ3n) is 6.78. The van der Waals surface area contributed by atoms with Gasteiger partial charge in [-0.1, -0.05) is 40.0 Å². The van der Waals surface area contributed by atoms with Crippen LogP contribution in [0.1, 0.15) is 87.4 Å². The summed E-state index contributed by atoms with van der Waals surface area (Å²) < 4.78 is 11.9. The van der Waals surface area contributed by atoms with E-state index in [-0.39, 0.29) is 11.5 Å². The van der Waals surface area contributed by atoms with Crippen LogP contribution in [0.2, 0.25) is 0 Å². The number of hydrogen-bond donors (Lipinski definition) is 2. The Morgan fingerprint density at radius 3 is 1.98 bits per heavy atom. The highest BCUT2D eigenvalue weighted by Gasteiger charge is 2.23. The minimum atomic E-state index is -1.82. The van der Waals surface area contributed by atoms with Gasteiger partial charge < -0.3 is 24.3 Å². The van der Waals surface area contributed by atoms with Crippen molar-refractivity contribution >= 4 is 34.4 Å². The molecule has 43 heavy (non-hydrogen) atoms. The van der Waals surface area contributed by atoms with Crippen molar-refractivity contribution < 1.29 is 38.7 Å². The fraction of sp³-hybridized carbons (Fsp3) is 0.469. The molecule has 0 aliphatic carbocycles. The number of nitro benzene ring substituents is 1. The zero-order valence-corrected chi connectivity index (χ0v) is 25.2. The number of fused-ring (bicyclic) bond motifs is 1. The average Bonchev–Trinajstić information content (AvgIpc) is 3.36. The molecule has 0 saturated carbocycles. The number of benzene rings is 2. The van der Waals surface area contributed by atoms with Crippen LogP contribution >= 0.6 is 0 Å². The zero-order chi connectivity index (χ0) is 31.8. The number of furan rings is 1. The first-order valence-corrected chi connectivity index (χ1v) is 14.8. The Morgan fingerprint density at radius 1 is 0.860 bits per heavy atom. The Hall–Kier alpha value is -4.25. The van der Waals surface area contributed by atoms with Crippen molar-refractivity contribution in [3.05, 3.63) is 69.5 Å².